The molecular formula is C24H25BrO3. The number of hydrogen-bond donors (Lipinski definition) is 2. The van der Waals surface area contributed by atoms with Crippen molar-refractivity contribution in [2.24, 2.45) is 0 Å². The number of aliphatic hydroxyl groups excluding tert-OH is 2. The van der Waals surface area contributed by atoms with Gasteiger partial charge in [-0.05, 0) is 35.2 Å². The second-order valence-corrected chi connectivity index (χ2v) is 7.72. The zero-order valence-corrected chi connectivity index (χ0v) is 17.3. The Hall–Kier alpha value is -1.98. The molecule has 0 unspecified atom stereocenters. The van der Waals surface area contributed by atoms with Gasteiger partial charge in [0.05, 0.1) is 13.2 Å². The summed E-state index contributed by atoms with van der Waals surface area (Å²) in [6.45, 7) is 0.180. The highest BCUT2D eigenvalue weighted by Gasteiger charge is 2.42. The van der Waals surface area contributed by atoms with Crippen LogP contribution in [0.5, 0.6) is 0 Å². The maximum absolute atomic E-state index is 10.6. The van der Waals surface area contributed by atoms with E-state index < -0.39 is 5.60 Å². The first-order valence-electron chi connectivity index (χ1n) is 9.40. The fourth-order valence-corrected chi connectivity index (χ4v) is 3.90. The van der Waals surface area contributed by atoms with E-state index in [9.17, 15) is 10.2 Å². The fraction of sp³-hybridized carbons (Fsp3) is 0.250. The van der Waals surface area contributed by atoms with Gasteiger partial charge in [0.1, 0.15) is 5.60 Å². The maximum atomic E-state index is 10.6. The minimum Gasteiger partial charge on any atom is -0.396 e. The summed E-state index contributed by atoms with van der Waals surface area (Å²) in [5, 5.41) is 20.4. The molecule has 2 atom stereocenters. The van der Waals surface area contributed by atoms with E-state index in [2.05, 4.69) is 15.9 Å². The van der Waals surface area contributed by atoms with Crippen LogP contribution in [0.4, 0.5) is 0 Å². The van der Waals surface area contributed by atoms with Gasteiger partial charge >= 0.3 is 0 Å². The summed E-state index contributed by atoms with van der Waals surface area (Å²) in [7, 11) is 0. The van der Waals surface area contributed by atoms with Crippen LogP contribution in [0.15, 0.2) is 89.4 Å². The van der Waals surface area contributed by atoms with Gasteiger partial charge in [-0.25, -0.2) is 0 Å². The second-order valence-electron chi connectivity index (χ2n) is 6.80. The second kappa shape index (κ2) is 9.99. The van der Waals surface area contributed by atoms with Crippen molar-refractivity contribution in [1.29, 1.82) is 0 Å². The largest absolute Gasteiger partial charge is 0.396 e. The molecule has 0 saturated carbocycles. The van der Waals surface area contributed by atoms with E-state index in [1.54, 1.807) is 0 Å². The first-order chi connectivity index (χ1) is 13.7. The molecule has 0 radical (unpaired) electrons. The number of aliphatic hydroxyl groups is 2. The summed E-state index contributed by atoms with van der Waals surface area (Å²) in [5.74, 6) is -0.200. The first kappa shape index (κ1) is 20.7. The quantitative estimate of drug-likeness (QED) is 0.490. The zero-order valence-electron chi connectivity index (χ0n) is 15.7. The lowest BCUT2D eigenvalue weighted by Crippen LogP contribution is -2.41. The molecule has 0 saturated heterocycles. The van der Waals surface area contributed by atoms with Gasteiger partial charge in [-0.2, -0.15) is 0 Å². The van der Waals surface area contributed by atoms with E-state index >= 15 is 0 Å². The van der Waals surface area contributed by atoms with Crippen molar-refractivity contribution in [1.82, 2.24) is 0 Å². The van der Waals surface area contributed by atoms with Crippen molar-refractivity contribution in [2.75, 3.05) is 13.2 Å². The fourth-order valence-electron chi connectivity index (χ4n) is 3.63. The highest BCUT2D eigenvalue weighted by molar-refractivity contribution is 9.10. The first-order valence-corrected chi connectivity index (χ1v) is 10.2. The van der Waals surface area contributed by atoms with E-state index in [4.69, 9.17) is 4.74 Å². The SMILES string of the molecule is OCC[C@@H](c1ccccc1)[C@@](CO)(OCc1ccccc1)c1ccc(Br)cc1. The lowest BCUT2D eigenvalue weighted by molar-refractivity contribution is -0.116. The average Bonchev–Trinajstić information content (AvgIpc) is 2.76. The highest BCUT2D eigenvalue weighted by Crippen LogP contribution is 2.43. The monoisotopic (exact) mass is 440 g/mol. The molecule has 3 aromatic carbocycles. The van der Waals surface area contributed by atoms with Crippen LogP contribution in [0.1, 0.15) is 29.0 Å². The molecular weight excluding hydrogens is 416 g/mol. The smallest absolute Gasteiger partial charge is 0.123 e. The molecule has 0 aliphatic heterocycles. The van der Waals surface area contributed by atoms with Gasteiger partial charge in [0.15, 0.2) is 0 Å². The normalized spacial score (nSPS) is 14.4. The van der Waals surface area contributed by atoms with Crippen LogP contribution in [0.2, 0.25) is 0 Å². The summed E-state index contributed by atoms with van der Waals surface area (Å²) >= 11 is 3.48. The molecule has 0 aliphatic rings. The van der Waals surface area contributed by atoms with E-state index in [-0.39, 0.29) is 19.1 Å². The summed E-state index contributed by atoms with van der Waals surface area (Å²) in [5.41, 5.74) is 1.98. The average molecular weight is 441 g/mol. The summed E-state index contributed by atoms with van der Waals surface area (Å²) < 4.78 is 7.45. The Labute approximate surface area is 174 Å². The van der Waals surface area contributed by atoms with Crippen LogP contribution in [0.3, 0.4) is 0 Å². The van der Waals surface area contributed by atoms with Crippen molar-refractivity contribution in [2.45, 2.75) is 24.5 Å². The molecule has 0 aliphatic carbocycles. The molecule has 0 heterocycles. The van der Waals surface area contributed by atoms with Crippen LogP contribution >= 0.6 is 15.9 Å². The van der Waals surface area contributed by atoms with E-state index in [1.807, 2.05) is 84.9 Å². The minimum atomic E-state index is -0.972. The van der Waals surface area contributed by atoms with Gasteiger partial charge in [0.2, 0.25) is 0 Å². The molecule has 146 valence electrons. The molecule has 0 aromatic heterocycles. The third-order valence-electron chi connectivity index (χ3n) is 5.09. The Kier molecular flexibility index (Phi) is 7.40. The predicted octanol–water partition coefficient (Wildman–Crippen LogP) is 5.02. The molecule has 0 fully saturated rings. The highest BCUT2D eigenvalue weighted by atomic mass is 79.9. The summed E-state index contributed by atoms with van der Waals surface area (Å²) in [6, 6.07) is 27.7. The van der Waals surface area contributed by atoms with Gasteiger partial charge < -0.3 is 14.9 Å². The van der Waals surface area contributed by atoms with E-state index in [0.29, 0.717) is 13.0 Å². The van der Waals surface area contributed by atoms with Crippen molar-refractivity contribution in [3.63, 3.8) is 0 Å². The number of benzene rings is 3. The molecule has 28 heavy (non-hydrogen) atoms. The predicted molar refractivity (Wildman–Crippen MR) is 115 cm³/mol. The molecule has 0 amide bonds. The van der Waals surface area contributed by atoms with Crippen LogP contribution in [0.25, 0.3) is 0 Å². The van der Waals surface area contributed by atoms with Gasteiger partial charge in [-0.3, -0.25) is 0 Å². The topological polar surface area (TPSA) is 49.7 Å². The van der Waals surface area contributed by atoms with E-state index in [1.165, 1.54) is 0 Å². The summed E-state index contributed by atoms with van der Waals surface area (Å²) in [6.07, 6.45) is 0.482. The molecule has 0 spiro atoms. The van der Waals surface area contributed by atoms with Crippen molar-refractivity contribution >= 4 is 15.9 Å². The van der Waals surface area contributed by atoms with E-state index in [0.717, 1.165) is 21.2 Å². The Balaban J connectivity index is 2.06. The van der Waals surface area contributed by atoms with Crippen molar-refractivity contribution < 1.29 is 14.9 Å². The van der Waals surface area contributed by atoms with Crippen molar-refractivity contribution in [3.05, 3.63) is 106 Å². The lowest BCUT2D eigenvalue weighted by Gasteiger charge is -2.40. The molecule has 3 rings (SSSR count). The number of halogens is 1. The Morgan fingerprint density at radius 1 is 0.821 bits per heavy atom. The van der Waals surface area contributed by atoms with Gasteiger partial charge in [-0.1, -0.05) is 88.7 Å². The third kappa shape index (κ3) is 4.70. The van der Waals surface area contributed by atoms with Crippen LogP contribution in [-0.4, -0.2) is 23.4 Å². The van der Waals surface area contributed by atoms with Gasteiger partial charge in [0.25, 0.3) is 0 Å². The molecule has 0 bridgehead atoms. The molecule has 2 N–H and O–H groups in total. The van der Waals surface area contributed by atoms with Gasteiger partial charge in [0, 0.05) is 17.0 Å². The van der Waals surface area contributed by atoms with Gasteiger partial charge in [-0.15, -0.1) is 0 Å². The third-order valence-corrected chi connectivity index (χ3v) is 5.62. The minimum absolute atomic E-state index is 0.00648. The number of rotatable bonds is 9. The zero-order chi connectivity index (χ0) is 19.8. The number of ether oxygens (including phenoxy) is 1. The Morgan fingerprint density at radius 3 is 2.00 bits per heavy atom. The Bertz CT molecular complexity index is 837. The van der Waals surface area contributed by atoms with Crippen LogP contribution in [0, 0.1) is 0 Å². The van der Waals surface area contributed by atoms with Crippen LogP contribution < -0.4 is 0 Å². The Morgan fingerprint density at radius 2 is 1.43 bits per heavy atom. The summed E-state index contributed by atoms with van der Waals surface area (Å²) in [4.78, 5) is 0. The molecule has 4 heteroatoms. The standard InChI is InChI=1S/C24H25BrO3/c25-22-13-11-21(12-14-22)24(18-27,28-17-19-7-3-1-4-8-19)23(15-16-26)20-9-5-2-6-10-20/h1-14,23,26-27H,15-18H2/t23-,24-/m0/s1. The maximum Gasteiger partial charge on any atom is 0.123 e. The number of hydrogen-bond acceptors (Lipinski definition) is 3. The molecule has 3 nitrogen and oxygen atoms in total. The van der Waals surface area contributed by atoms with Crippen LogP contribution in [-0.2, 0) is 16.9 Å². The molecule has 3 aromatic rings. The lowest BCUT2D eigenvalue weighted by atomic mass is 9.75. The van der Waals surface area contributed by atoms with Crippen molar-refractivity contribution in [3.8, 4) is 0 Å².